The number of hydrogen-bond donors (Lipinski definition) is 0. The highest BCUT2D eigenvalue weighted by molar-refractivity contribution is 8.05. The van der Waals surface area contributed by atoms with Gasteiger partial charge in [-0.25, -0.2) is 9.79 Å². The van der Waals surface area contributed by atoms with E-state index in [0.29, 0.717) is 30.6 Å². The Labute approximate surface area is 307 Å². The van der Waals surface area contributed by atoms with Gasteiger partial charge in [-0.1, -0.05) is 86.1 Å². The quantitative estimate of drug-likeness (QED) is 0.0298. The first-order valence-corrected chi connectivity index (χ1v) is 21.7. The van der Waals surface area contributed by atoms with E-state index in [0.717, 1.165) is 37.5 Å². The van der Waals surface area contributed by atoms with Crippen LogP contribution in [0.15, 0.2) is 27.5 Å². The van der Waals surface area contributed by atoms with Crippen LogP contribution in [-0.4, -0.2) is 93.2 Å². The van der Waals surface area contributed by atoms with Crippen molar-refractivity contribution in [3.63, 3.8) is 0 Å². The molecule has 2 amide bonds. The molecule has 4 atom stereocenters. The average molecular weight is 734 g/mol. The highest BCUT2D eigenvalue weighted by Crippen LogP contribution is 2.34. The molecule has 1 aliphatic rings. The number of carbonyl (C=O) groups is 4. The van der Waals surface area contributed by atoms with E-state index in [2.05, 4.69) is 38.3 Å². The molecule has 282 valence electrons. The fourth-order valence-corrected chi connectivity index (χ4v) is 9.66. The summed E-state index contributed by atoms with van der Waals surface area (Å²) in [6.07, 6.45) is 9.44. The number of piperidine rings is 1. The fourth-order valence-electron chi connectivity index (χ4n) is 6.00. The maximum absolute atomic E-state index is 14.7. The summed E-state index contributed by atoms with van der Waals surface area (Å²) >= 11 is 1.21. The van der Waals surface area contributed by atoms with E-state index in [4.69, 9.17) is 20.3 Å². The Morgan fingerprint density at radius 2 is 1.74 bits per heavy atom. The van der Waals surface area contributed by atoms with E-state index in [1.165, 1.54) is 18.9 Å². The van der Waals surface area contributed by atoms with Crippen molar-refractivity contribution in [2.75, 3.05) is 27.4 Å². The standard InChI is InChI=1S/C38H63N3O7SSi/c1-13-21-34(42)47-26-41(37(44)35(28(9)14-2)39-36(43)31-22-19-20-23-40(31)11)32(27(7)8)24-33(48-50(16-4,17-5)18-6)29(10)49-25-30(15-3)38(45)46-12/h3,25,27-28,31-33H,10,13-14,16-24,26H2,1-2,4-9,11-12H3/b30-25+,39-35+/t28-,31+,32+,33?/m0/s1. The molecule has 1 aliphatic heterocycles. The van der Waals surface area contributed by atoms with Gasteiger partial charge in [0.2, 0.25) is 0 Å². The zero-order valence-electron chi connectivity index (χ0n) is 32.3. The molecule has 0 spiro atoms. The summed E-state index contributed by atoms with van der Waals surface area (Å²) in [4.78, 5) is 61.9. The molecular formula is C38H63N3O7SSi. The molecular weight excluding hydrogens is 671 g/mol. The third-order valence-corrected chi connectivity index (χ3v) is 15.4. The van der Waals surface area contributed by atoms with Crippen LogP contribution in [0.25, 0.3) is 0 Å². The number of esters is 2. The van der Waals surface area contributed by atoms with E-state index in [-0.39, 0.29) is 48.2 Å². The largest absolute Gasteiger partial charge is 0.465 e. The molecule has 1 saturated heterocycles. The maximum Gasteiger partial charge on any atom is 0.346 e. The van der Waals surface area contributed by atoms with Gasteiger partial charge in [0.25, 0.3) is 11.8 Å². The number of methoxy groups -OCH3 is 1. The predicted octanol–water partition coefficient (Wildman–Crippen LogP) is 7.36. The summed E-state index contributed by atoms with van der Waals surface area (Å²) in [7, 11) is 0.959. The number of likely N-dealkylation sites (tertiary alicyclic amines) is 1. The van der Waals surface area contributed by atoms with Gasteiger partial charge in [0.15, 0.2) is 15.0 Å². The van der Waals surface area contributed by atoms with Crippen LogP contribution in [-0.2, 0) is 33.1 Å². The highest BCUT2D eigenvalue weighted by atomic mass is 32.2. The fraction of sp³-hybridized carbons (Fsp3) is 0.711. The molecule has 0 aliphatic carbocycles. The molecule has 0 aromatic rings. The third kappa shape index (κ3) is 13.4. The van der Waals surface area contributed by atoms with Crippen molar-refractivity contribution in [1.29, 1.82) is 0 Å². The summed E-state index contributed by atoms with van der Waals surface area (Å²) in [5, 5.41) is 1.54. The van der Waals surface area contributed by atoms with Gasteiger partial charge < -0.3 is 18.8 Å². The third-order valence-electron chi connectivity index (χ3n) is 9.86. The van der Waals surface area contributed by atoms with Crippen molar-refractivity contribution in [3.8, 4) is 12.3 Å². The minimum absolute atomic E-state index is 0.0603. The number of aliphatic imine (C=N–C) groups is 1. The molecule has 50 heavy (non-hydrogen) atoms. The molecule has 1 rings (SSSR count). The van der Waals surface area contributed by atoms with Crippen molar-refractivity contribution in [2.24, 2.45) is 16.8 Å². The van der Waals surface area contributed by atoms with Crippen LogP contribution in [0, 0.1) is 24.2 Å². The number of thioether (sulfide) groups is 1. The lowest BCUT2D eigenvalue weighted by atomic mass is 9.94. The number of hydrogen-bond acceptors (Lipinski definition) is 9. The van der Waals surface area contributed by atoms with Crippen LogP contribution < -0.4 is 0 Å². The number of terminal acetylenes is 1. The summed E-state index contributed by atoms with van der Waals surface area (Å²) in [5.41, 5.74) is 0.225. The van der Waals surface area contributed by atoms with Gasteiger partial charge in [0, 0.05) is 23.3 Å². The van der Waals surface area contributed by atoms with Crippen molar-refractivity contribution < 1.29 is 33.1 Å². The van der Waals surface area contributed by atoms with E-state index >= 15 is 0 Å². The first kappa shape index (κ1) is 45.3. The minimum Gasteiger partial charge on any atom is -0.465 e. The van der Waals surface area contributed by atoms with Gasteiger partial charge in [-0.2, -0.15) is 0 Å². The topological polar surface area (TPSA) is 115 Å². The Balaban J connectivity index is 3.79. The lowest BCUT2D eigenvalue weighted by molar-refractivity contribution is -0.154. The molecule has 10 nitrogen and oxygen atoms in total. The Hall–Kier alpha value is -2.72. The lowest BCUT2D eigenvalue weighted by Crippen LogP contribution is -2.52. The second-order valence-corrected chi connectivity index (χ2v) is 19.2. The first-order chi connectivity index (χ1) is 23.7. The second-order valence-electron chi connectivity index (χ2n) is 13.5. The molecule has 0 N–H and O–H groups in total. The lowest BCUT2D eigenvalue weighted by Gasteiger charge is -2.40. The monoisotopic (exact) mass is 733 g/mol. The Kier molecular flexibility index (Phi) is 20.8. The van der Waals surface area contributed by atoms with Gasteiger partial charge in [-0.05, 0) is 75.2 Å². The van der Waals surface area contributed by atoms with E-state index < -0.39 is 38.3 Å². The smallest absolute Gasteiger partial charge is 0.346 e. The van der Waals surface area contributed by atoms with Crippen LogP contribution in [0.1, 0.15) is 100 Å². The summed E-state index contributed by atoms with van der Waals surface area (Å²) in [6, 6.07) is 1.78. The van der Waals surface area contributed by atoms with Gasteiger partial charge >= 0.3 is 11.9 Å². The predicted molar refractivity (Wildman–Crippen MR) is 206 cm³/mol. The molecule has 0 aromatic heterocycles. The molecule has 0 aromatic carbocycles. The summed E-state index contributed by atoms with van der Waals surface area (Å²) in [5.74, 6) is 0.160. The van der Waals surface area contributed by atoms with Crippen LogP contribution >= 0.6 is 11.8 Å². The molecule has 1 heterocycles. The maximum atomic E-state index is 14.7. The normalized spacial score (nSPS) is 17.8. The SMILES string of the molecule is C#C/C(=C\SC(=C)C(C[C@H](C(C)C)N(COC(=O)CCC)C(=O)/C(=N/C(=O)[C@H]1CCCCN1C)[C@@H](C)CC)O[Si](CC)(CC)CC)C(=O)OC. The zero-order valence-corrected chi connectivity index (χ0v) is 34.2. The molecule has 1 fully saturated rings. The van der Waals surface area contributed by atoms with Crippen molar-refractivity contribution >= 4 is 49.5 Å². The number of nitrogens with zero attached hydrogens (tertiary/aromatic N) is 3. The van der Waals surface area contributed by atoms with Crippen LogP contribution in [0.4, 0.5) is 0 Å². The van der Waals surface area contributed by atoms with Gasteiger partial charge in [-0.15, -0.1) is 6.42 Å². The van der Waals surface area contributed by atoms with Crippen molar-refractivity contribution in [3.05, 3.63) is 22.5 Å². The number of rotatable bonds is 21. The van der Waals surface area contributed by atoms with E-state index in [1.54, 1.807) is 10.3 Å². The molecule has 0 saturated carbocycles. The van der Waals surface area contributed by atoms with Gasteiger partial charge in [0.05, 0.1) is 19.3 Å². The minimum atomic E-state index is -2.23. The molecule has 0 radical (unpaired) electrons. The van der Waals surface area contributed by atoms with Crippen LogP contribution in [0.3, 0.4) is 0 Å². The van der Waals surface area contributed by atoms with Crippen LogP contribution in [0.5, 0.6) is 0 Å². The Morgan fingerprint density at radius 3 is 2.24 bits per heavy atom. The van der Waals surface area contributed by atoms with Crippen molar-refractivity contribution in [1.82, 2.24) is 9.80 Å². The highest BCUT2D eigenvalue weighted by Gasteiger charge is 2.39. The molecule has 0 bridgehead atoms. The first-order valence-electron chi connectivity index (χ1n) is 18.3. The van der Waals surface area contributed by atoms with Gasteiger partial charge in [-0.3, -0.25) is 19.3 Å². The average Bonchev–Trinajstić information content (AvgIpc) is 3.11. The number of carbonyl (C=O) groups excluding carboxylic acids is 4. The number of likely N-dealkylation sites (N-methyl/N-ethyl adjacent to an activating group) is 1. The van der Waals surface area contributed by atoms with E-state index in [1.807, 2.05) is 46.6 Å². The van der Waals surface area contributed by atoms with Crippen LogP contribution in [0.2, 0.25) is 18.1 Å². The Morgan fingerprint density at radius 1 is 1.10 bits per heavy atom. The summed E-state index contributed by atoms with van der Waals surface area (Å²) < 4.78 is 17.6. The van der Waals surface area contributed by atoms with Crippen molar-refractivity contribution in [2.45, 2.75) is 137 Å². The van der Waals surface area contributed by atoms with Gasteiger partial charge in [0.1, 0.15) is 11.3 Å². The Bertz CT molecular complexity index is 1250. The summed E-state index contributed by atoms with van der Waals surface area (Å²) in [6.45, 7) is 21.0. The molecule has 1 unspecified atom stereocenters. The number of ether oxygens (including phenoxy) is 2. The van der Waals surface area contributed by atoms with E-state index in [9.17, 15) is 19.2 Å². The second kappa shape index (κ2) is 23.0. The number of amides is 2. The zero-order chi connectivity index (χ0) is 38.0. The molecule has 12 heteroatoms.